The van der Waals surface area contributed by atoms with Crippen LogP contribution >= 0.6 is 11.8 Å². The predicted molar refractivity (Wildman–Crippen MR) is 62.7 cm³/mol. The fourth-order valence-electron chi connectivity index (χ4n) is 1.84. The van der Waals surface area contributed by atoms with Crippen molar-refractivity contribution >= 4 is 29.0 Å². The number of nitro groups is 1. The van der Waals surface area contributed by atoms with Crippen LogP contribution in [0, 0.1) is 17.0 Å². The maximum atomic E-state index is 11.6. The summed E-state index contributed by atoms with van der Waals surface area (Å²) in [4.78, 5) is 21.9. The van der Waals surface area contributed by atoms with Gasteiger partial charge in [-0.1, -0.05) is 0 Å². The fraction of sp³-hybridized carbons (Fsp3) is 0.300. The smallest absolute Gasteiger partial charge is 0.270 e. The first kappa shape index (κ1) is 10.9. The summed E-state index contributed by atoms with van der Waals surface area (Å²) in [5, 5.41) is 13.1. The highest BCUT2D eigenvalue weighted by Crippen LogP contribution is 2.42. The van der Waals surface area contributed by atoms with Gasteiger partial charge in [0.05, 0.1) is 4.92 Å². The lowest BCUT2D eigenvalue weighted by molar-refractivity contribution is -0.384. The Labute approximate surface area is 96.4 Å². The molecule has 1 heterocycles. The molecule has 1 atom stereocenters. The zero-order valence-corrected chi connectivity index (χ0v) is 9.63. The lowest BCUT2D eigenvalue weighted by atomic mass is 10.1. The minimum Gasteiger partial charge on any atom is -0.324 e. The summed E-state index contributed by atoms with van der Waals surface area (Å²) in [5.74, 6) is -0.105. The van der Waals surface area contributed by atoms with Gasteiger partial charge < -0.3 is 5.32 Å². The highest BCUT2D eigenvalue weighted by Gasteiger charge is 2.32. The molecule has 1 aliphatic heterocycles. The molecule has 1 aliphatic rings. The fourth-order valence-corrected chi connectivity index (χ4v) is 2.55. The number of nitro benzene ring substituents is 1. The molecule has 0 spiro atoms. The zero-order chi connectivity index (χ0) is 11.9. The number of hydrogen-bond donors (Lipinski definition) is 1. The molecule has 84 valence electrons. The number of fused-ring (bicyclic) bond motifs is 1. The normalized spacial score (nSPS) is 18.1. The largest absolute Gasteiger partial charge is 0.324 e. The van der Waals surface area contributed by atoms with Crippen molar-refractivity contribution in [1.29, 1.82) is 0 Å². The molecule has 1 N–H and O–H groups in total. The first-order valence-electron chi connectivity index (χ1n) is 4.67. The third-order valence-corrected chi connectivity index (χ3v) is 3.51. The summed E-state index contributed by atoms with van der Waals surface area (Å²) in [7, 11) is 0. The number of anilines is 1. The Bertz CT molecular complexity index is 487. The highest BCUT2D eigenvalue weighted by atomic mass is 32.2. The second kappa shape index (κ2) is 3.79. The number of nitrogens with one attached hydrogen (secondary N) is 1. The number of thioether (sulfide) groups is 1. The van der Waals surface area contributed by atoms with Crippen LogP contribution in [0.4, 0.5) is 11.4 Å². The number of rotatable bonds is 2. The second-order valence-corrected chi connectivity index (χ2v) is 4.53. The number of nitrogens with zero attached hydrogens (tertiary/aromatic N) is 1. The lowest BCUT2D eigenvalue weighted by Gasteiger charge is -2.05. The summed E-state index contributed by atoms with van der Waals surface area (Å²) >= 11 is 1.38. The van der Waals surface area contributed by atoms with Crippen LogP contribution in [0.15, 0.2) is 12.1 Å². The topological polar surface area (TPSA) is 72.2 Å². The van der Waals surface area contributed by atoms with E-state index in [4.69, 9.17) is 0 Å². The van der Waals surface area contributed by atoms with Crippen molar-refractivity contribution in [2.75, 3.05) is 11.6 Å². The minimum absolute atomic E-state index is 0.0341. The van der Waals surface area contributed by atoms with Crippen LogP contribution in [0.1, 0.15) is 16.4 Å². The Kier molecular flexibility index (Phi) is 2.59. The van der Waals surface area contributed by atoms with Gasteiger partial charge in [-0.25, -0.2) is 0 Å². The van der Waals surface area contributed by atoms with Crippen molar-refractivity contribution in [3.8, 4) is 0 Å². The zero-order valence-electron chi connectivity index (χ0n) is 8.81. The monoisotopic (exact) mass is 238 g/mol. The molecular formula is C10H10N2O3S. The van der Waals surface area contributed by atoms with Gasteiger partial charge in [-0.15, -0.1) is 11.8 Å². The molecule has 0 saturated heterocycles. The first-order valence-corrected chi connectivity index (χ1v) is 5.96. The average molecular weight is 238 g/mol. The van der Waals surface area contributed by atoms with Gasteiger partial charge in [-0.3, -0.25) is 14.9 Å². The maximum Gasteiger partial charge on any atom is 0.270 e. The highest BCUT2D eigenvalue weighted by molar-refractivity contribution is 7.99. The molecule has 1 aromatic rings. The SMILES string of the molecule is CSC1C(=O)Nc2c(C)cc([N+](=O)[O-])cc21. The predicted octanol–water partition coefficient (Wildman–Crippen LogP) is 2.26. The van der Waals surface area contributed by atoms with Crippen LogP contribution in [0.3, 0.4) is 0 Å². The number of aryl methyl sites for hydroxylation is 1. The Balaban J connectivity index is 2.59. The van der Waals surface area contributed by atoms with E-state index in [1.54, 1.807) is 6.92 Å². The van der Waals surface area contributed by atoms with Crippen LogP contribution < -0.4 is 5.32 Å². The van der Waals surface area contributed by atoms with Gasteiger partial charge in [0.15, 0.2) is 0 Å². The molecule has 2 rings (SSSR count). The van der Waals surface area contributed by atoms with E-state index >= 15 is 0 Å². The van der Waals surface area contributed by atoms with Gasteiger partial charge in [0.1, 0.15) is 5.25 Å². The second-order valence-electron chi connectivity index (χ2n) is 3.59. The van der Waals surface area contributed by atoms with Crippen LogP contribution in [-0.2, 0) is 4.79 Å². The molecule has 1 aromatic carbocycles. The molecular weight excluding hydrogens is 228 g/mol. The van der Waals surface area contributed by atoms with E-state index in [0.717, 1.165) is 11.3 Å². The van der Waals surface area contributed by atoms with Gasteiger partial charge in [-0.05, 0) is 18.7 Å². The summed E-state index contributed by atoms with van der Waals surface area (Å²) in [6.07, 6.45) is 1.81. The van der Waals surface area contributed by atoms with Crippen molar-refractivity contribution in [3.63, 3.8) is 0 Å². The molecule has 0 aromatic heterocycles. The Morgan fingerprint density at radius 1 is 1.50 bits per heavy atom. The minimum atomic E-state index is -0.437. The number of amides is 1. The van der Waals surface area contributed by atoms with Gasteiger partial charge >= 0.3 is 0 Å². The summed E-state index contributed by atoms with van der Waals surface area (Å²) in [6, 6.07) is 2.95. The van der Waals surface area contributed by atoms with Crippen LogP contribution in [0.2, 0.25) is 0 Å². The Hall–Kier alpha value is -1.56. The molecule has 16 heavy (non-hydrogen) atoms. The molecule has 1 unspecified atom stereocenters. The van der Waals surface area contributed by atoms with E-state index in [1.165, 1.54) is 23.9 Å². The van der Waals surface area contributed by atoms with Gasteiger partial charge in [0.2, 0.25) is 5.91 Å². The molecule has 0 bridgehead atoms. The molecule has 0 radical (unpaired) electrons. The van der Waals surface area contributed by atoms with Gasteiger partial charge in [-0.2, -0.15) is 0 Å². The van der Waals surface area contributed by atoms with Crippen molar-refractivity contribution < 1.29 is 9.72 Å². The third-order valence-electron chi connectivity index (χ3n) is 2.57. The first-order chi connectivity index (χ1) is 7.54. The van der Waals surface area contributed by atoms with Crippen LogP contribution in [-0.4, -0.2) is 17.1 Å². The van der Waals surface area contributed by atoms with E-state index in [1.807, 2.05) is 6.26 Å². The van der Waals surface area contributed by atoms with E-state index in [2.05, 4.69) is 5.32 Å². The number of carbonyl (C=O) groups excluding carboxylic acids is 1. The average Bonchev–Trinajstić information content (AvgIpc) is 2.54. The molecule has 0 saturated carbocycles. The van der Waals surface area contributed by atoms with Crippen LogP contribution in [0.5, 0.6) is 0 Å². The van der Waals surface area contributed by atoms with Gasteiger partial charge in [0, 0.05) is 23.4 Å². The molecule has 1 amide bonds. The number of hydrogen-bond acceptors (Lipinski definition) is 4. The molecule has 5 nitrogen and oxygen atoms in total. The summed E-state index contributed by atoms with van der Waals surface area (Å²) < 4.78 is 0. The maximum absolute atomic E-state index is 11.6. The summed E-state index contributed by atoms with van der Waals surface area (Å²) in [5.41, 5.74) is 2.19. The van der Waals surface area contributed by atoms with E-state index in [-0.39, 0.29) is 16.8 Å². The third kappa shape index (κ3) is 1.55. The standard InChI is InChI=1S/C10H10N2O3S/c1-5-3-6(12(14)15)4-7-8(5)11-10(13)9(7)16-2/h3-4,9H,1-2H3,(H,11,13). The van der Waals surface area contributed by atoms with Crippen molar-refractivity contribution in [2.24, 2.45) is 0 Å². The van der Waals surface area contributed by atoms with Crippen molar-refractivity contribution in [2.45, 2.75) is 12.2 Å². The van der Waals surface area contributed by atoms with Crippen molar-refractivity contribution in [1.82, 2.24) is 0 Å². The lowest BCUT2D eigenvalue weighted by Crippen LogP contribution is -2.08. The molecule has 0 fully saturated rings. The van der Waals surface area contributed by atoms with Crippen molar-refractivity contribution in [3.05, 3.63) is 33.4 Å². The van der Waals surface area contributed by atoms with Crippen LogP contribution in [0.25, 0.3) is 0 Å². The summed E-state index contributed by atoms with van der Waals surface area (Å²) in [6.45, 7) is 1.76. The quantitative estimate of drug-likeness (QED) is 0.633. The van der Waals surface area contributed by atoms with E-state index in [0.29, 0.717) is 5.56 Å². The number of non-ortho nitro benzene ring substituents is 1. The Morgan fingerprint density at radius 2 is 2.19 bits per heavy atom. The Morgan fingerprint density at radius 3 is 2.75 bits per heavy atom. The molecule has 0 aliphatic carbocycles. The number of benzene rings is 1. The van der Waals surface area contributed by atoms with E-state index < -0.39 is 4.92 Å². The van der Waals surface area contributed by atoms with Gasteiger partial charge in [0.25, 0.3) is 5.69 Å². The molecule has 6 heteroatoms. The van der Waals surface area contributed by atoms with E-state index in [9.17, 15) is 14.9 Å². The number of carbonyl (C=O) groups is 1.